The molecule has 1 N–H and O–H groups in total. The van der Waals surface area contributed by atoms with Crippen LogP contribution in [0.25, 0.3) is 16.9 Å². The van der Waals surface area contributed by atoms with Crippen LogP contribution in [0.1, 0.15) is 13.3 Å². The molecule has 6 nitrogen and oxygen atoms in total. The molecule has 3 aromatic rings. The highest BCUT2D eigenvalue weighted by molar-refractivity contribution is 8.00. The Morgan fingerprint density at radius 3 is 2.68 bits per heavy atom. The molecule has 0 aliphatic carbocycles. The zero-order valence-corrected chi connectivity index (χ0v) is 19.3. The molecule has 1 aliphatic heterocycles. The number of hydrogen-bond donors (Lipinski definition) is 1. The zero-order valence-electron chi connectivity index (χ0n) is 16.9. The van der Waals surface area contributed by atoms with Crippen LogP contribution in [-0.4, -0.2) is 46.7 Å². The van der Waals surface area contributed by atoms with E-state index < -0.39 is 15.1 Å². The van der Waals surface area contributed by atoms with Gasteiger partial charge in [-0.2, -0.15) is 0 Å². The predicted octanol–water partition coefficient (Wildman–Crippen LogP) is 3.98. The maximum Gasteiger partial charge on any atom is 0.233 e. The summed E-state index contributed by atoms with van der Waals surface area (Å²) in [6.45, 7) is 1.79. The first-order chi connectivity index (χ1) is 14.8. The average Bonchev–Trinajstić information content (AvgIpc) is 3.31. The van der Waals surface area contributed by atoms with Crippen molar-refractivity contribution in [1.29, 1.82) is 0 Å². The first kappa shape index (κ1) is 21.9. The molecule has 1 saturated heterocycles. The van der Waals surface area contributed by atoms with Crippen LogP contribution in [0.5, 0.6) is 0 Å². The van der Waals surface area contributed by atoms with Crippen LogP contribution >= 0.6 is 23.4 Å². The van der Waals surface area contributed by atoms with Crippen molar-refractivity contribution >= 4 is 39.1 Å². The summed E-state index contributed by atoms with van der Waals surface area (Å²) in [6.07, 6.45) is 2.24. The second-order valence-corrected chi connectivity index (χ2v) is 11.4. The van der Waals surface area contributed by atoms with Crippen molar-refractivity contribution in [1.82, 2.24) is 14.9 Å². The van der Waals surface area contributed by atoms with Crippen LogP contribution in [0.15, 0.2) is 66.0 Å². The first-order valence-electron chi connectivity index (χ1n) is 9.89. The molecule has 0 bridgehead atoms. The van der Waals surface area contributed by atoms with Crippen LogP contribution in [0, 0.1) is 0 Å². The number of thioether (sulfide) groups is 1. The predicted molar refractivity (Wildman–Crippen MR) is 125 cm³/mol. The Kier molecular flexibility index (Phi) is 6.41. The van der Waals surface area contributed by atoms with Gasteiger partial charge in [-0.3, -0.25) is 9.36 Å². The summed E-state index contributed by atoms with van der Waals surface area (Å²) in [5.74, 6) is -0.0705. The molecule has 1 aliphatic rings. The molecule has 4 rings (SSSR count). The number of aromatic nitrogens is 2. The molecule has 0 radical (unpaired) electrons. The monoisotopic (exact) mass is 475 g/mol. The third kappa shape index (κ3) is 5.14. The number of hydrogen-bond acceptors (Lipinski definition) is 5. The van der Waals surface area contributed by atoms with E-state index in [4.69, 9.17) is 11.6 Å². The van der Waals surface area contributed by atoms with Crippen LogP contribution in [0.4, 0.5) is 0 Å². The van der Waals surface area contributed by atoms with Gasteiger partial charge in [0.2, 0.25) is 5.91 Å². The number of nitrogens with zero attached hydrogens (tertiary/aromatic N) is 2. The first-order valence-corrected chi connectivity index (χ1v) is 13.0. The largest absolute Gasteiger partial charge is 0.351 e. The van der Waals surface area contributed by atoms with Gasteiger partial charge in [-0.25, -0.2) is 13.4 Å². The quantitative estimate of drug-likeness (QED) is 0.545. The van der Waals surface area contributed by atoms with Gasteiger partial charge in [-0.15, -0.1) is 0 Å². The molecule has 1 aromatic heterocycles. The Balaban J connectivity index is 1.61. The Bertz CT molecular complexity index is 1200. The van der Waals surface area contributed by atoms with E-state index in [-0.39, 0.29) is 23.5 Å². The molecule has 9 heteroatoms. The SMILES string of the molecule is CC(Sc1ncc(-c2ccccc2)n1-c1cccc(Cl)c1)C(=O)NC1CCS(=O)(=O)C1. The fraction of sp³-hybridized carbons (Fsp3) is 0.273. The molecule has 162 valence electrons. The Labute approximate surface area is 190 Å². The summed E-state index contributed by atoms with van der Waals surface area (Å²) in [5, 5.41) is 3.67. The van der Waals surface area contributed by atoms with Gasteiger partial charge in [0.1, 0.15) is 0 Å². The van der Waals surface area contributed by atoms with Crippen LogP contribution in [0.3, 0.4) is 0 Å². The van der Waals surface area contributed by atoms with Crippen molar-refractivity contribution in [3.8, 4) is 16.9 Å². The van der Waals surface area contributed by atoms with Gasteiger partial charge in [0.15, 0.2) is 15.0 Å². The molecule has 0 saturated carbocycles. The normalized spacial score (nSPS) is 18.6. The Morgan fingerprint density at radius 2 is 2.00 bits per heavy atom. The number of rotatable bonds is 6. The number of carbonyl (C=O) groups is 1. The number of amides is 1. The number of benzene rings is 2. The molecular weight excluding hydrogens is 454 g/mol. The lowest BCUT2D eigenvalue weighted by Gasteiger charge is -2.17. The van der Waals surface area contributed by atoms with E-state index in [1.807, 2.05) is 59.2 Å². The molecule has 1 fully saturated rings. The number of imidazole rings is 1. The summed E-state index contributed by atoms with van der Waals surface area (Å²) in [6, 6.07) is 17.0. The van der Waals surface area contributed by atoms with Gasteiger partial charge in [0, 0.05) is 22.3 Å². The van der Waals surface area contributed by atoms with Crippen molar-refractivity contribution in [3.63, 3.8) is 0 Å². The summed E-state index contributed by atoms with van der Waals surface area (Å²) >= 11 is 7.56. The summed E-state index contributed by atoms with van der Waals surface area (Å²) in [7, 11) is -3.05. The lowest BCUT2D eigenvalue weighted by molar-refractivity contribution is -0.120. The minimum atomic E-state index is -3.05. The Morgan fingerprint density at radius 1 is 1.23 bits per heavy atom. The third-order valence-corrected chi connectivity index (χ3v) is 8.17. The maximum atomic E-state index is 12.7. The highest BCUT2D eigenvalue weighted by Gasteiger charge is 2.30. The fourth-order valence-electron chi connectivity index (χ4n) is 3.53. The van der Waals surface area contributed by atoms with Crippen molar-refractivity contribution in [3.05, 3.63) is 65.8 Å². The van der Waals surface area contributed by atoms with Crippen LogP contribution in [-0.2, 0) is 14.6 Å². The van der Waals surface area contributed by atoms with Gasteiger partial charge >= 0.3 is 0 Å². The second kappa shape index (κ2) is 9.06. The molecule has 1 amide bonds. The standard InChI is InChI=1S/C22H22ClN3O3S2/c1-15(21(27)25-18-10-11-31(28,29)14-18)30-22-24-13-20(16-6-3-2-4-7-16)26(22)19-9-5-8-17(23)12-19/h2-9,12-13,15,18H,10-11,14H2,1H3,(H,25,27). The highest BCUT2D eigenvalue weighted by Crippen LogP contribution is 2.32. The minimum absolute atomic E-state index is 0.00538. The van der Waals surface area contributed by atoms with Crippen LogP contribution in [0.2, 0.25) is 5.02 Å². The number of halogens is 1. The Hall–Kier alpha value is -2.29. The average molecular weight is 476 g/mol. The number of carbonyl (C=O) groups excluding carboxylic acids is 1. The molecule has 31 heavy (non-hydrogen) atoms. The van der Waals surface area contributed by atoms with Gasteiger partial charge in [-0.1, -0.05) is 59.8 Å². The lowest BCUT2D eigenvalue weighted by Crippen LogP contribution is -2.40. The van der Waals surface area contributed by atoms with Gasteiger partial charge in [0.05, 0.1) is 28.6 Å². The summed E-state index contributed by atoms with van der Waals surface area (Å²) in [4.78, 5) is 17.3. The molecule has 0 spiro atoms. The van der Waals surface area contributed by atoms with Crippen molar-refractivity contribution in [2.45, 2.75) is 29.8 Å². The maximum absolute atomic E-state index is 12.7. The van der Waals surface area contributed by atoms with Crippen LogP contribution < -0.4 is 5.32 Å². The van der Waals surface area contributed by atoms with E-state index in [9.17, 15) is 13.2 Å². The molecule has 2 atom stereocenters. The highest BCUT2D eigenvalue weighted by atomic mass is 35.5. The number of nitrogens with one attached hydrogen (secondary N) is 1. The summed E-state index contributed by atoms with van der Waals surface area (Å²) < 4.78 is 25.3. The van der Waals surface area contributed by atoms with E-state index in [2.05, 4.69) is 10.3 Å². The lowest BCUT2D eigenvalue weighted by atomic mass is 10.1. The van der Waals surface area contributed by atoms with E-state index in [0.717, 1.165) is 16.9 Å². The van der Waals surface area contributed by atoms with E-state index in [1.54, 1.807) is 13.1 Å². The van der Waals surface area contributed by atoms with Crippen molar-refractivity contribution < 1.29 is 13.2 Å². The molecule has 2 aromatic carbocycles. The van der Waals surface area contributed by atoms with Crippen molar-refractivity contribution in [2.75, 3.05) is 11.5 Å². The molecular formula is C22H22ClN3O3S2. The third-order valence-electron chi connectivity index (χ3n) is 5.10. The van der Waals surface area contributed by atoms with Crippen molar-refractivity contribution in [2.24, 2.45) is 0 Å². The van der Waals surface area contributed by atoms with Gasteiger partial charge < -0.3 is 5.32 Å². The van der Waals surface area contributed by atoms with E-state index >= 15 is 0 Å². The molecule has 2 heterocycles. The molecule has 2 unspecified atom stereocenters. The summed E-state index contributed by atoms with van der Waals surface area (Å²) in [5.41, 5.74) is 2.73. The topological polar surface area (TPSA) is 81.1 Å². The zero-order chi connectivity index (χ0) is 22.0. The second-order valence-electron chi connectivity index (χ2n) is 7.48. The number of sulfone groups is 1. The van der Waals surface area contributed by atoms with Gasteiger partial charge in [-0.05, 0) is 31.5 Å². The fourth-order valence-corrected chi connectivity index (χ4v) is 6.31. The smallest absolute Gasteiger partial charge is 0.233 e. The van der Waals surface area contributed by atoms with Gasteiger partial charge in [0.25, 0.3) is 0 Å². The minimum Gasteiger partial charge on any atom is -0.351 e. The van der Waals surface area contributed by atoms with E-state index in [0.29, 0.717) is 16.6 Å². The van der Waals surface area contributed by atoms with E-state index in [1.165, 1.54) is 11.8 Å².